The summed E-state index contributed by atoms with van der Waals surface area (Å²) >= 11 is 0. The van der Waals surface area contributed by atoms with Crippen LogP contribution in [-0.4, -0.2) is 11.1 Å². The fourth-order valence-corrected chi connectivity index (χ4v) is 10.4. The van der Waals surface area contributed by atoms with E-state index < -0.39 is 17.0 Å². The van der Waals surface area contributed by atoms with Gasteiger partial charge in [0.2, 0.25) is 0 Å². The lowest BCUT2D eigenvalue weighted by Crippen LogP contribution is -2.36. The highest BCUT2D eigenvalue weighted by atomic mass is 16.5. The predicted octanol–water partition coefficient (Wildman–Crippen LogP) is 14.6. The number of ether oxygens (including phenoxy) is 1. The Morgan fingerprint density at radius 1 is 0.597 bits per heavy atom. The molecular formula is C62H44N2O3. The molecule has 1 heterocycles. The molecule has 0 bridgehead atoms. The highest BCUT2D eigenvalue weighted by Crippen LogP contribution is 2.63. The molecule has 1 aliphatic heterocycles. The van der Waals surface area contributed by atoms with Crippen molar-refractivity contribution in [1.82, 2.24) is 0 Å². The van der Waals surface area contributed by atoms with E-state index in [4.69, 9.17) is 4.74 Å². The molecule has 0 spiro atoms. The maximum Gasteiger partial charge on any atom is 0.346 e. The number of benzene rings is 9. The lowest BCUT2D eigenvalue weighted by Gasteiger charge is -2.40. The number of hydrogen-bond acceptors (Lipinski definition) is 4. The number of rotatable bonds is 9. The Kier molecular flexibility index (Phi) is 10.0. The first kappa shape index (κ1) is 41.0. The molecule has 1 N–H and O–H groups in total. The van der Waals surface area contributed by atoms with Crippen molar-refractivity contribution in [3.63, 3.8) is 0 Å². The van der Waals surface area contributed by atoms with Gasteiger partial charge in [0.1, 0.15) is 17.4 Å². The fourth-order valence-electron chi connectivity index (χ4n) is 10.4. The Morgan fingerprint density at radius 2 is 1.12 bits per heavy atom. The van der Waals surface area contributed by atoms with Crippen molar-refractivity contribution >= 4 is 46.0 Å². The monoisotopic (exact) mass is 864 g/mol. The number of nitriles is 1. The number of nitrogens with zero attached hydrogens (tertiary/aromatic N) is 2. The molecule has 1 aliphatic carbocycles. The van der Waals surface area contributed by atoms with E-state index in [1.807, 2.05) is 42.5 Å². The van der Waals surface area contributed by atoms with Crippen LogP contribution in [0.4, 0.5) is 17.1 Å². The molecule has 5 heteroatoms. The average molecular weight is 865 g/mol. The summed E-state index contributed by atoms with van der Waals surface area (Å²) in [5.74, 6) is -0.494. The molecule has 5 nitrogen and oxygen atoms in total. The minimum atomic E-state index is -1.27. The van der Waals surface area contributed by atoms with Gasteiger partial charge in [0.05, 0.1) is 5.41 Å². The Bertz CT molecular complexity index is 3380. The molecule has 320 valence electrons. The Labute approximate surface area is 390 Å². The predicted molar refractivity (Wildman–Crippen MR) is 270 cm³/mol. The number of aryl methyl sites for hydroxylation is 2. The van der Waals surface area contributed by atoms with Gasteiger partial charge in [-0.3, -0.25) is 0 Å². The summed E-state index contributed by atoms with van der Waals surface area (Å²) in [4.78, 5) is 14.1. The van der Waals surface area contributed by atoms with Crippen LogP contribution in [0.15, 0.2) is 218 Å². The second-order valence-electron chi connectivity index (χ2n) is 17.4. The molecule has 0 saturated heterocycles. The van der Waals surface area contributed by atoms with E-state index in [0.29, 0.717) is 5.56 Å². The minimum absolute atomic E-state index is 0.333. The molecule has 0 amide bonds. The lowest BCUT2D eigenvalue weighted by molar-refractivity contribution is -0.132. The van der Waals surface area contributed by atoms with Crippen molar-refractivity contribution in [3.8, 4) is 22.9 Å². The summed E-state index contributed by atoms with van der Waals surface area (Å²) in [6.07, 6.45) is 5.84. The van der Waals surface area contributed by atoms with Gasteiger partial charge < -0.3 is 14.7 Å². The van der Waals surface area contributed by atoms with E-state index >= 15 is 0 Å². The topological polar surface area (TPSA) is 73.6 Å². The number of hydrogen-bond donors (Lipinski definition) is 1. The van der Waals surface area contributed by atoms with Gasteiger partial charge in [-0.25, -0.2) is 4.79 Å². The van der Waals surface area contributed by atoms with Gasteiger partial charge >= 0.3 is 5.97 Å². The van der Waals surface area contributed by atoms with Gasteiger partial charge in [0.25, 0.3) is 0 Å². The number of anilines is 3. The highest BCUT2D eigenvalue weighted by molar-refractivity contribution is 6.10. The van der Waals surface area contributed by atoms with Crippen molar-refractivity contribution in [2.75, 3.05) is 4.90 Å². The third-order valence-electron chi connectivity index (χ3n) is 13.5. The average Bonchev–Trinajstić information content (AvgIpc) is 3.68. The second-order valence-corrected chi connectivity index (χ2v) is 17.4. The number of fused-ring (bicyclic) bond motifs is 8. The molecule has 0 saturated carbocycles. The zero-order valence-corrected chi connectivity index (χ0v) is 37.0. The van der Waals surface area contributed by atoms with Crippen molar-refractivity contribution < 1.29 is 14.6 Å². The number of carbonyl (C=O) groups is 1. The standard InChI is InChI=1S/C62H44N2O3/c1-41-22-28-47(29-23-41)62(48-30-24-42(2)25-31-48)56-39-51(64(49-16-8-4-9-17-49)50-18-10-5-11-19-50)34-35-54(56)57-52-20-12-13-21-53(52)59-55(58(57)62)36-37-61(67-59,45-14-6-3-7-15-45)46-32-26-43(27-33-46)38-44(40-63)60(65)66/h3-39H,1-2H3,(H,65,66)/b44-38-. The van der Waals surface area contributed by atoms with Gasteiger partial charge in [-0.15, -0.1) is 0 Å². The summed E-state index contributed by atoms with van der Waals surface area (Å²) < 4.78 is 7.73. The number of aliphatic carboxylic acids is 1. The summed E-state index contributed by atoms with van der Waals surface area (Å²) in [5.41, 5.74) is 13.7. The summed E-state index contributed by atoms with van der Waals surface area (Å²) in [6, 6.07) is 74.5. The third-order valence-corrected chi connectivity index (χ3v) is 13.5. The Hall–Kier alpha value is -8.72. The van der Waals surface area contributed by atoms with Crippen molar-refractivity contribution in [3.05, 3.63) is 274 Å². The van der Waals surface area contributed by atoms with E-state index in [9.17, 15) is 15.2 Å². The van der Waals surface area contributed by atoms with Crippen LogP contribution in [0.25, 0.3) is 34.1 Å². The maximum atomic E-state index is 11.8. The van der Waals surface area contributed by atoms with Crippen LogP contribution in [0.2, 0.25) is 0 Å². The molecule has 1 unspecified atom stereocenters. The molecule has 67 heavy (non-hydrogen) atoms. The molecule has 11 rings (SSSR count). The third kappa shape index (κ3) is 6.65. The maximum absolute atomic E-state index is 11.8. The lowest BCUT2D eigenvalue weighted by atomic mass is 9.65. The number of carboxylic acids is 1. The van der Waals surface area contributed by atoms with Gasteiger partial charge in [0.15, 0.2) is 5.60 Å². The first-order valence-electron chi connectivity index (χ1n) is 22.5. The second kappa shape index (κ2) is 16.4. The molecule has 0 fully saturated rings. The zero-order valence-electron chi connectivity index (χ0n) is 37.0. The number of para-hydroxylation sites is 2. The molecule has 0 radical (unpaired) electrons. The summed E-state index contributed by atoms with van der Waals surface area (Å²) in [7, 11) is 0. The Morgan fingerprint density at radius 3 is 1.69 bits per heavy atom. The van der Waals surface area contributed by atoms with E-state index in [2.05, 4.69) is 195 Å². The summed E-state index contributed by atoms with van der Waals surface area (Å²) in [6.45, 7) is 4.28. The molecule has 9 aromatic carbocycles. The van der Waals surface area contributed by atoms with Crippen LogP contribution in [0.3, 0.4) is 0 Å². The fraction of sp³-hybridized carbons (Fsp3) is 0.0645. The van der Waals surface area contributed by atoms with E-state index in [1.54, 1.807) is 6.07 Å². The van der Waals surface area contributed by atoms with Crippen LogP contribution < -0.4 is 9.64 Å². The smallest absolute Gasteiger partial charge is 0.346 e. The van der Waals surface area contributed by atoms with E-state index in [1.165, 1.54) is 28.3 Å². The van der Waals surface area contributed by atoms with Crippen molar-refractivity contribution in [2.24, 2.45) is 0 Å². The largest absolute Gasteiger partial charge is 0.477 e. The quantitative estimate of drug-likeness (QED) is 0.116. The first-order valence-corrected chi connectivity index (χ1v) is 22.5. The van der Waals surface area contributed by atoms with Gasteiger partial charge in [-0.1, -0.05) is 187 Å². The van der Waals surface area contributed by atoms with Crippen LogP contribution >= 0.6 is 0 Å². The van der Waals surface area contributed by atoms with E-state index in [-0.39, 0.29) is 5.57 Å². The number of carboxylic acid groups (broad SMARTS) is 1. The van der Waals surface area contributed by atoms with Gasteiger partial charge in [-0.05, 0) is 107 Å². The molecule has 1 atom stereocenters. The Balaban J connectivity index is 1.22. The van der Waals surface area contributed by atoms with Crippen LogP contribution in [0.1, 0.15) is 55.6 Å². The molecule has 9 aromatic rings. The molecule has 2 aliphatic rings. The molecule has 0 aromatic heterocycles. The molecular weight excluding hydrogens is 821 g/mol. The van der Waals surface area contributed by atoms with Crippen LogP contribution in [-0.2, 0) is 15.8 Å². The normalized spacial score (nSPS) is 15.4. The van der Waals surface area contributed by atoms with Gasteiger partial charge in [-0.2, -0.15) is 5.26 Å². The highest BCUT2D eigenvalue weighted by Gasteiger charge is 2.51. The van der Waals surface area contributed by atoms with Gasteiger partial charge in [0, 0.05) is 39.1 Å². The first-order chi connectivity index (χ1) is 32.8. The zero-order chi connectivity index (χ0) is 45.7. The van der Waals surface area contributed by atoms with E-state index in [0.717, 1.165) is 72.5 Å². The van der Waals surface area contributed by atoms with Crippen LogP contribution in [0, 0.1) is 25.2 Å². The SMILES string of the molecule is Cc1ccc(C2(c3ccc(C)cc3)c3cc(N(c4ccccc4)c4ccccc4)ccc3-c3c2c2c(c4ccccc34)OC(c3ccccc3)(c3ccc(/C=C(/C#N)C(=O)O)cc3)C=C2)cc1. The summed E-state index contributed by atoms with van der Waals surface area (Å²) in [5, 5.41) is 21.2. The minimum Gasteiger partial charge on any atom is -0.477 e. The van der Waals surface area contributed by atoms with Crippen molar-refractivity contribution in [2.45, 2.75) is 24.9 Å². The van der Waals surface area contributed by atoms with Crippen LogP contribution in [0.5, 0.6) is 5.75 Å². The van der Waals surface area contributed by atoms with Crippen molar-refractivity contribution in [1.29, 1.82) is 5.26 Å².